The maximum atomic E-state index is 11.1. The summed E-state index contributed by atoms with van der Waals surface area (Å²) < 4.78 is 27.6. The molecule has 5 nitrogen and oxygen atoms in total. The van der Waals surface area contributed by atoms with E-state index in [-0.39, 0.29) is 4.21 Å². The maximum Gasteiger partial charge on any atom is 0.247 e. The molecule has 2 heterocycles. The molecule has 1 fully saturated rings. The number of hydrogen-bond acceptors (Lipinski definition) is 5. The molecule has 2 N–H and O–H groups in total. The Bertz CT molecular complexity index is 434. The normalized spacial score (nSPS) is 18.1. The van der Waals surface area contributed by atoms with Gasteiger partial charge in [-0.05, 0) is 12.1 Å². The summed E-state index contributed by atoms with van der Waals surface area (Å²) in [5, 5.41) is 5.97. The molecule has 0 atom stereocenters. The molecule has 0 spiro atoms. The van der Waals surface area contributed by atoms with E-state index in [1.165, 1.54) is 11.3 Å². The van der Waals surface area contributed by atoms with Crippen LogP contribution in [-0.4, -0.2) is 34.7 Å². The van der Waals surface area contributed by atoms with Gasteiger partial charge in [0.1, 0.15) is 4.21 Å². The lowest BCUT2D eigenvalue weighted by atomic mass is 10.4. The third kappa shape index (κ3) is 2.49. The zero-order valence-electron chi connectivity index (χ0n) is 8.05. The van der Waals surface area contributed by atoms with Crippen LogP contribution in [0.3, 0.4) is 0 Å². The van der Waals surface area contributed by atoms with Gasteiger partial charge in [0.25, 0.3) is 0 Å². The first-order valence-corrected chi connectivity index (χ1v) is 6.89. The van der Waals surface area contributed by atoms with Crippen molar-refractivity contribution in [3.63, 3.8) is 0 Å². The number of sulfonamides is 1. The predicted molar refractivity (Wildman–Crippen MR) is 58.7 cm³/mol. The summed E-state index contributed by atoms with van der Waals surface area (Å²) in [6, 6.07) is 3.33. The molecule has 0 aromatic carbocycles. The standard InChI is InChI=1S/C8H12N2O3S2/c9-15(11,12)8-2-1-7(14-8)10-3-5-13-6-4-10/h1-2H,3-6H2,(H2,9,11,12). The zero-order valence-corrected chi connectivity index (χ0v) is 9.68. The fourth-order valence-electron chi connectivity index (χ4n) is 1.42. The molecule has 1 aliphatic rings. The third-order valence-corrected chi connectivity index (χ3v) is 4.75. The summed E-state index contributed by atoms with van der Waals surface area (Å²) in [7, 11) is -3.56. The van der Waals surface area contributed by atoms with E-state index in [0.29, 0.717) is 13.2 Å². The Morgan fingerprint density at radius 1 is 1.33 bits per heavy atom. The minimum Gasteiger partial charge on any atom is -0.378 e. The van der Waals surface area contributed by atoms with Gasteiger partial charge in [-0.15, -0.1) is 11.3 Å². The van der Waals surface area contributed by atoms with Crippen molar-refractivity contribution in [1.82, 2.24) is 0 Å². The molecule has 0 radical (unpaired) electrons. The van der Waals surface area contributed by atoms with E-state index in [0.717, 1.165) is 18.1 Å². The fourth-order valence-corrected chi connectivity index (χ4v) is 3.19. The molecule has 0 amide bonds. The van der Waals surface area contributed by atoms with Gasteiger partial charge < -0.3 is 9.64 Å². The van der Waals surface area contributed by atoms with Crippen molar-refractivity contribution < 1.29 is 13.2 Å². The second-order valence-electron chi connectivity index (χ2n) is 3.24. The SMILES string of the molecule is NS(=O)(=O)c1ccc(N2CCOCC2)s1. The molecule has 15 heavy (non-hydrogen) atoms. The van der Waals surface area contributed by atoms with Crippen molar-refractivity contribution in [3.8, 4) is 0 Å². The molecular weight excluding hydrogens is 236 g/mol. The quantitative estimate of drug-likeness (QED) is 0.813. The molecule has 1 aliphatic heterocycles. The summed E-state index contributed by atoms with van der Waals surface area (Å²) in [5.74, 6) is 0. The summed E-state index contributed by atoms with van der Waals surface area (Å²) in [6.45, 7) is 2.96. The van der Waals surface area contributed by atoms with E-state index < -0.39 is 10.0 Å². The van der Waals surface area contributed by atoms with Crippen LogP contribution >= 0.6 is 11.3 Å². The Labute approximate surface area is 92.5 Å². The lowest BCUT2D eigenvalue weighted by Gasteiger charge is -2.27. The molecule has 1 aromatic rings. The zero-order chi connectivity index (χ0) is 10.9. The highest BCUT2D eigenvalue weighted by Gasteiger charge is 2.16. The lowest BCUT2D eigenvalue weighted by molar-refractivity contribution is 0.123. The molecule has 0 aliphatic carbocycles. The number of thiophene rings is 1. The van der Waals surface area contributed by atoms with Crippen molar-refractivity contribution in [2.24, 2.45) is 5.14 Å². The molecule has 84 valence electrons. The number of anilines is 1. The summed E-state index contributed by atoms with van der Waals surface area (Å²) in [5.41, 5.74) is 0. The number of rotatable bonds is 2. The first-order chi connectivity index (χ1) is 7.07. The molecule has 1 saturated heterocycles. The molecular formula is C8H12N2O3S2. The number of ether oxygens (including phenoxy) is 1. The second kappa shape index (κ2) is 4.09. The van der Waals surface area contributed by atoms with Crippen molar-refractivity contribution in [2.45, 2.75) is 4.21 Å². The Hall–Kier alpha value is -0.630. The van der Waals surface area contributed by atoms with Gasteiger partial charge in [0.2, 0.25) is 10.0 Å². The fraction of sp³-hybridized carbons (Fsp3) is 0.500. The molecule has 7 heteroatoms. The van der Waals surface area contributed by atoms with Gasteiger partial charge in [-0.2, -0.15) is 0 Å². The van der Waals surface area contributed by atoms with Crippen LogP contribution in [0.4, 0.5) is 5.00 Å². The number of nitrogens with zero attached hydrogens (tertiary/aromatic N) is 1. The number of nitrogens with two attached hydrogens (primary N) is 1. The highest BCUT2D eigenvalue weighted by atomic mass is 32.2. The summed E-state index contributed by atoms with van der Waals surface area (Å²) in [6.07, 6.45) is 0. The maximum absolute atomic E-state index is 11.1. The first-order valence-electron chi connectivity index (χ1n) is 4.53. The second-order valence-corrected chi connectivity index (χ2v) is 6.09. The highest BCUT2D eigenvalue weighted by molar-refractivity contribution is 7.91. The number of hydrogen-bond donors (Lipinski definition) is 1. The van der Waals surface area contributed by atoms with Gasteiger partial charge in [0.05, 0.1) is 18.2 Å². The third-order valence-electron chi connectivity index (χ3n) is 2.17. The van der Waals surface area contributed by atoms with E-state index in [9.17, 15) is 8.42 Å². The smallest absolute Gasteiger partial charge is 0.247 e. The van der Waals surface area contributed by atoms with E-state index in [4.69, 9.17) is 9.88 Å². The number of primary sulfonamides is 1. The first kappa shape index (κ1) is 10.9. The largest absolute Gasteiger partial charge is 0.378 e. The van der Waals surface area contributed by atoms with Gasteiger partial charge >= 0.3 is 0 Å². The van der Waals surface area contributed by atoms with Gasteiger partial charge in [-0.25, -0.2) is 13.6 Å². The van der Waals surface area contributed by atoms with Crippen molar-refractivity contribution >= 4 is 26.4 Å². The van der Waals surface area contributed by atoms with Crippen LogP contribution in [-0.2, 0) is 14.8 Å². The summed E-state index contributed by atoms with van der Waals surface area (Å²) >= 11 is 1.20. The molecule has 0 saturated carbocycles. The average molecular weight is 248 g/mol. The lowest BCUT2D eigenvalue weighted by Crippen LogP contribution is -2.35. The van der Waals surface area contributed by atoms with Crippen molar-refractivity contribution in [2.75, 3.05) is 31.2 Å². The Kier molecular flexibility index (Phi) is 2.96. The number of morpholine rings is 1. The van der Waals surface area contributed by atoms with Crippen LogP contribution in [0.2, 0.25) is 0 Å². The average Bonchev–Trinajstić information content (AvgIpc) is 2.67. The molecule has 0 bridgehead atoms. The Balaban J connectivity index is 2.19. The van der Waals surface area contributed by atoms with Gasteiger partial charge in [0, 0.05) is 13.1 Å². The van der Waals surface area contributed by atoms with Crippen LogP contribution in [0, 0.1) is 0 Å². The van der Waals surface area contributed by atoms with Crippen LogP contribution in [0.25, 0.3) is 0 Å². The van der Waals surface area contributed by atoms with E-state index >= 15 is 0 Å². The minimum atomic E-state index is -3.56. The minimum absolute atomic E-state index is 0.212. The van der Waals surface area contributed by atoms with Crippen LogP contribution in [0.5, 0.6) is 0 Å². The van der Waals surface area contributed by atoms with E-state index in [2.05, 4.69) is 4.90 Å². The monoisotopic (exact) mass is 248 g/mol. The van der Waals surface area contributed by atoms with Gasteiger partial charge in [0.15, 0.2) is 0 Å². The van der Waals surface area contributed by atoms with Crippen molar-refractivity contribution in [3.05, 3.63) is 12.1 Å². The Morgan fingerprint density at radius 2 is 2.00 bits per heavy atom. The summed E-state index contributed by atoms with van der Waals surface area (Å²) in [4.78, 5) is 2.10. The Morgan fingerprint density at radius 3 is 2.53 bits per heavy atom. The van der Waals surface area contributed by atoms with Crippen LogP contribution in [0.1, 0.15) is 0 Å². The van der Waals surface area contributed by atoms with Gasteiger partial charge in [-0.1, -0.05) is 0 Å². The van der Waals surface area contributed by atoms with E-state index in [1.54, 1.807) is 12.1 Å². The molecule has 0 unspecified atom stereocenters. The highest BCUT2D eigenvalue weighted by Crippen LogP contribution is 2.28. The topological polar surface area (TPSA) is 72.6 Å². The van der Waals surface area contributed by atoms with Crippen molar-refractivity contribution in [1.29, 1.82) is 0 Å². The van der Waals surface area contributed by atoms with Gasteiger partial charge in [-0.3, -0.25) is 0 Å². The predicted octanol–water partition coefficient (Wildman–Crippen LogP) is 0.232. The van der Waals surface area contributed by atoms with Crippen LogP contribution < -0.4 is 10.0 Å². The molecule has 2 rings (SSSR count). The molecule has 1 aromatic heterocycles. The van der Waals surface area contributed by atoms with E-state index in [1.807, 2.05) is 0 Å². The van der Waals surface area contributed by atoms with Crippen LogP contribution in [0.15, 0.2) is 16.3 Å².